The van der Waals surface area contributed by atoms with Crippen LogP contribution < -0.4 is 14.4 Å². The van der Waals surface area contributed by atoms with Crippen LogP contribution in [0.1, 0.15) is 89.3 Å². The van der Waals surface area contributed by atoms with Gasteiger partial charge >= 0.3 is 0 Å². The molecular weight excluding hydrogens is 700 g/mol. The molecule has 2 aromatic carbocycles. The van der Waals surface area contributed by atoms with Gasteiger partial charge in [0.1, 0.15) is 11.3 Å². The van der Waals surface area contributed by atoms with Gasteiger partial charge in [0.25, 0.3) is 5.91 Å². The summed E-state index contributed by atoms with van der Waals surface area (Å²) in [6.07, 6.45) is 14.1. The maximum atomic E-state index is 14.6. The molecule has 3 aliphatic carbocycles. The van der Waals surface area contributed by atoms with E-state index in [4.69, 9.17) is 25.8 Å². The molecule has 2 saturated carbocycles. The molecule has 0 radical (unpaired) electrons. The number of nitrogens with zero attached hydrogens (tertiary/aromatic N) is 4. The average molecular weight is 747 g/mol. The highest BCUT2D eigenvalue weighted by atomic mass is 35.5. The van der Waals surface area contributed by atoms with E-state index in [1.54, 1.807) is 24.1 Å². The first-order valence-electron chi connectivity index (χ1n) is 18.6. The Hall–Kier alpha value is -3.67. The van der Waals surface area contributed by atoms with Gasteiger partial charge < -0.3 is 19.1 Å². The lowest BCUT2D eigenvalue weighted by Crippen LogP contribution is -2.49. The van der Waals surface area contributed by atoms with Crippen molar-refractivity contribution >= 4 is 38.7 Å². The number of hydrogen-bond donors (Lipinski definition) is 0. The number of Topliss-reactive ketones (excluding diaryl/α,β-unsaturated/α-hetero) is 1. The lowest BCUT2D eigenvalue weighted by molar-refractivity contribution is 0.0132. The molecule has 3 aromatic rings. The highest BCUT2D eigenvalue weighted by Crippen LogP contribution is 2.47. The number of methoxy groups -OCH3 is 2. The molecule has 2 bridgehead atoms. The predicted molar refractivity (Wildman–Crippen MR) is 202 cm³/mol. The lowest BCUT2D eigenvalue weighted by Gasteiger charge is -2.46. The Morgan fingerprint density at radius 2 is 1.98 bits per heavy atom. The predicted octanol–water partition coefficient (Wildman–Crippen LogP) is 7.24. The number of carbonyl (C=O) groups is 2. The molecule has 5 atom stereocenters. The first-order valence-corrected chi connectivity index (χ1v) is 20.8. The summed E-state index contributed by atoms with van der Waals surface area (Å²) < 4.78 is 38.9. The van der Waals surface area contributed by atoms with Crippen molar-refractivity contribution in [3.8, 4) is 11.6 Å². The molecule has 0 N–H and O–H groups in total. The Balaban J connectivity index is 1.17. The van der Waals surface area contributed by atoms with Crippen molar-refractivity contribution in [1.82, 2.24) is 9.78 Å². The van der Waals surface area contributed by atoms with Gasteiger partial charge in [-0.05, 0) is 111 Å². The second-order valence-corrected chi connectivity index (χ2v) is 18.1. The number of aromatic nitrogens is 2. The van der Waals surface area contributed by atoms with Gasteiger partial charge in [-0.15, -0.1) is 5.10 Å². The molecule has 3 heterocycles. The molecular formula is C40H47ClN4O6S. The van der Waals surface area contributed by atoms with Crippen molar-refractivity contribution < 1.29 is 28.0 Å². The number of aryl methyl sites for hydroxylation is 1. The number of ketones is 1. The second-order valence-electron chi connectivity index (χ2n) is 15.3. The first kappa shape index (κ1) is 35.4. The zero-order valence-corrected chi connectivity index (χ0v) is 31.5. The minimum atomic E-state index is -3.30. The molecule has 1 amide bonds. The zero-order valence-electron chi connectivity index (χ0n) is 29.9. The van der Waals surface area contributed by atoms with E-state index >= 15 is 0 Å². The molecule has 2 fully saturated rings. The normalized spacial score (nSPS) is 29.5. The van der Waals surface area contributed by atoms with Crippen molar-refractivity contribution in [3.05, 3.63) is 82.0 Å². The van der Waals surface area contributed by atoms with Gasteiger partial charge in [-0.2, -0.15) is 4.36 Å². The van der Waals surface area contributed by atoms with Crippen LogP contribution in [0.2, 0.25) is 5.02 Å². The highest BCUT2D eigenvalue weighted by molar-refractivity contribution is 7.94. The summed E-state index contributed by atoms with van der Waals surface area (Å²) in [6, 6.07) is 11.9. The fourth-order valence-corrected chi connectivity index (χ4v) is 10.8. The highest BCUT2D eigenvalue weighted by Gasteiger charge is 2.44. The number of ether oxygens (including phenoxy) is 3. The van der Waals surface area contributed by atoms with Crippen LogP contribution in [0.25, 0.3) is 0 Å². The zero-order chi connectivity index (χ0) is 36.0. The molecule has 1 aromatic heterocycles. The van der Waals surface area contributed by atoms with Crippen molar-refractivity contribution in [3.63, 3.8) is 0 Å². The van der Waals surface area contributed by atoms with Gasteiger partial charge in [-0.1, -0.05) is 29.8 Å². The summed E-state index contributed by atoms with van der Waals surface area (Å²) in [6.45, 7) is 2.02. The summed E-state index contributed by atoms with van der Waals surface area (Å²) in [7, 11) is -0.0597. The molecule has 2 aliphatic heterocycles. The molecule has 52 heavy (non-hydrogen) atoms. The topological polar surface area (TPSA) is 112 Å². The van der Waals surface area contributed by atoms with Crippen LogP contribution in [0.4, 0.5) is 5.69 Å². The Kier molecular flexibility index (Phi) is 9.72. The van der Waals surface area contributed by atoms with E-state index in [1.807, 2.05) is 18.2 Å². The maximum Gasteiger partial charge on any atom is 0.285 e. The van der Waals surface area contributed by atoms with Crippen molar-refractivity contribution in [2.24, 2.45) is 16.2 Å². The van der Waals surface area contributed by atoms with Crippen LogP contribution in [0.15, 0.2) is 59.1 Å². The number of amides is 1. The Morgan fingerprint density at radius 3 is 2.75 bits per heavy atom. The standard InChI is InChI=1S/C40H47ClN4O6S/c1-49-36-8-4-3-5-18-52(48,23-35(46)32-22-45(30-12-13-30)42-39(32)50-2)43-38(47)27-10-16-37-34(20-27)44(21-28-9-14-31(28)36)24-40(25-51-37)17-6-7-26-19-29(41)11-15-33(26)40/h4,8,10-11,15-16,19-20,22,28,30-31,36H,3,5-7,9,12-14,17-18,21,23-25H2,1-2H3/b8-4+/t28-,31+,36-,40-,52+/m0/s1. The number of allylic oxidation sites excluding steroid dienone is 1. The number of hydrogen-bond acceptors (Lipinski definition) is 8. The van der Waals surface area contributed by atoms with Gasteiger partial charge in [0.15, 0.2) is 5.78 Å². The molecule has 1 spiro atoms. The lowest BCUT2D eigenvalue weighted by atomic mass is 9.68. The fourth-order valence-electron chi connectivity index (χ4n) is 8.72. The molecule has 0 saturated heterocycles. The average Bonchev–Trinajstić information content (AvgIpc) is 3.90. The van der Waals surface area contributed by atoms with Crippen LogP contribution in [-0.2, 0) is 26.3 Å². The Labute approximate surface area is 311 Å². The van der Waals surface area contributed by atoms with E-state index in [9.17, 15) is 13.8 Å². The van der Waals surface area contributed by atoms with E-state index in [2.05, 4.69) is 38.6 Å². The third-order valence-corrected chi connectivity index (χ3v) is 14.2. The molecule has 5 aliphatic rings. The van der Waals surface area contributed by atoms with Gasteiger partial charge in [0.05, 0.1) is 47.0 Å². The molecule has 0 unspecified atom stereocenters. The minimum Gasteiger partial charge on any atom is -0.490 e. The monoisotopic (exact) mass is 746 g/mol. The Bertz CT molecular complexity index is 2030. The summed E-state index contributed by atoms with van der Waals surface area (Å²) >= 11 is 6.46. The molecule has 276 valence electrons. The fraction of sp³-hybridized carbons (Fsp3) is 0.525. The Morgan fingerprint density at radius 1 is 1.12 bits per heavy atom. The van der Waals surface area contributed by atoms with Gasteiger partial charge in [0.2, 0.25) is 5.88 Å². The number of halogens is 1. The van der Waals surface area contributed by atoms with Crippen LogP contribution in [0.3, 0.4) is 0 Å². The summed E-state index contributed by atoms with van der Waals surface area (Å²) in [5.74, 6) is 0.375. The summed E-state index contributed by atoms with van der Waals surface area (Å²) in [5.41, 5.74) is 3.72. The smallest absolute Gasteiger partial charge is 0.285 e. The third kappa shape index (κ3) is 6.92. The first-order chi connectivity index (χ1) is 25.2. The van der Waals surface area contributed by atoms with E-state index in [1.165, 1.54) is 18.2 Å². The third-order valence-electron chi connectivity index (χ3n) is 11.8. The van der Waals surface area contributed by atoms with Gasteiger partial charge in [-0.3, -0.25) is 14.3 Å². The number of fused-ring (bicyclic) bond motifs is 4. The number of anilines is 1. The molecule has 12 heteroatoms. The van der Waals surface area contributed by atoms with Crippen LogP contribution in [0, 0.1) is 11.8 Å². The quantitative estimate of drug-likeness (QED) is 0.192. The molecule has 8 rings (SSSR count). The van der Waals surface area contributed by atoms with E-state index < -0.39 is 27.2 Å². The summed E-state index contributed by atoms with van der Waals surface area (Å²) in [4.78, 5) is 30.2. The largest absolute Gasteiger partial charge is 0.490 e. The van der Waals surface area contributed by atoms with Crippen LogP contribution >= 0.6 is 11.6 Å². The minimum absolute atomic E-state index is 0.0418. The van der Waals surface area contributed by atoms with Crippen molar-refractivity contribution in [2.45, 2.75) is 75.3 Å². The van der Waals surface area contributed by atoms with Crippen LogP contribution in [0.5, 0.6) is 11.6 Å². The van der Waals surface area contributed by atoms with E-state index in [0.717, 1.165) is 68.7 Å². The molecule has 10 nitrogen and oxygen atoms in total. The second kappa shape index (κ2) is 14.3. The number of rotatable bonds is 6. The van der Waals surface area contributed by atoms with Gasteiger partial charge in [-0.25, -0.2) is 4.21 Å². The maximum absolute atomic E-state index is 14.6. The van der Waals surface area contributed by atoms with E-state index in [0.29, 0.717) is 42.6 Å². The number of carbonyl (C=O) groups excluding carboxylic acids is 2. The SMILES string of the molecule is COc1nn(C2CC2)cc1C(=O)C[S@@]1(=O)=NC(=O)c2ccc3c(c2)N(C[C@@H]2CC[C@H]2[C@@H](OC)/C=C/CCC1)C[C@@]1(CCCc2cc(Cl)ccc21)CO3. The van der Waals surface area contributed by atoms with Crippen molar-refractivity contribution in [1.29, 1.82) is 0 Å². The summed E-state index contributed by atoms with van der Waals surface area (Å²) in [5, 5.41) is 5.18. The van der Waals surface area contributed by atoms with Crippen molar-refractivity contribution in [2.75, 3.05) is 50.3 Å². The number of benzene rings is 2. The van der Waals surface area contributed by atoms with Gasteiger partial charge in [0, 0.05) is 48.2 Å². The van der Waals surface area contributed by atoms with Crippen LogP contribution in [-0.4, -0.2) is 77.2 Å². The van der Waals surface area contributed by atoms with E-state index in [-0.39, 0.29) is 34.8 Å².